The summed E-state index contributed by atoms with van der Waals surface area (Å²) in [5.74, 6) is -0.637. The molecule has 0 aromatic carbocycles. The molecule has 0 heterocycles. The summed E-state index contributed by atoms with van der Waals surface area (Å²) in [7, 11) is -3.96. The van der Waals surface area contributed by atoms with Crippen LogP contribution in [0.25, 0.3) is 0 Å². The first-order valence-corrected chi connectivity index (χ1v) is 8.12. The Morgan fingerprint density at radius 3 is 2.33 bits per heavy atom. The molecule has 0 aliphatic heterocycles. The molecule has 0 bridgehead atoms. The Morgan fingerprint density at radius 2 is 1.83 bits per heavy atom. The van der Waals surface area contributed by atoms with Crippen LogP contribution in [0.3, 0.4) is 0 Å². The van der Waals surface area contributed by atoms with E-state index in [0.717, 1.165) is 25.7 Å². The summed E-state index contributed by atoms with van der Waals surface area (Å²) in [6.07, 6.45) is 4.66. The van der Waals surface area contributed by atoms with E-state index in [0.29, 0.717) is 12.8 Å². The molecule has 6 nitrogen and oxygen atoms in total. The Labute approximate surface area is 107 Å². The fraction of sp³-hybridized carbons (Fsp3) is 0.909. The first-order chi connectivity index (χ1) is 8.29. The predicted octanol–water partition coefficient (Wildman–Crippen LogP) is 1.16. The van der Waals surface area contributed by atoms with E-state index in [1.807, 2.05) is 0 Å². The van der Waals surface area contributed by atoms with E-state index in [1.165, 1.54) is 0 Å². The van der Waals surface area contributed by atoms with Crippen molar-refractivity contribution in [1.29, 1.82) is 0 Å². The second-order valence-corrected chi connectivity index (χ2v) is 6.94. The molecule has 1 aliphatic carbocycles. The normalized spacial score (nSPS) is 26.8. The maximum absolute atomic E-state index is 10.9. The second-order valence-electron chi connectivity index (χ2n) is 5.16. The molecule has 0 radical (unpaired) electrons. The number of rotatable bonds is 6. The smallest absolute Gasteiger partial charge is 0.325 e. The average molecular weight is 279 g/mol. The SMILES string of the molecule is N[C@H](C[C@H]1CCCC[C@H]1CCP(=O)(O)O)C(=O)O. The molecule has 0 spiro atoms. The number of nitrogens with two attached hydrogens (primary N) is 1. The van der Waals surface area contributed by atoms with Gasteiger partial charge in [-0.05, 0) is 24.7 Å². The zero-order valence-electron chi connectivity index (χ0n) is 10.4. The number of carboxylic acid groups (broad SMARTS) is 1. The molecule has 1 saturated carbocycles. The van der Waals surface area contributed by atoms with Crippen molar-refractivity contribution in [1.82, 2.24) is 0 Å². The highest BCUT2D eigenvalue weighted by molar-refractivity contribution is 7.51. The third-order valence-electron chi connectivity index (χ3n) is 3.73. The minimum atomic E-state index is -3.96. The summed E-state index contributed by atoms with van der Waals surface area (Å²) >= 11 is 0. The van der Waals surface area contributed by atoms with Crippen LogP contribution in [0.15, 0.2) is 0 Å². The van der Waals surface area contributed by atoms with Gasteiger partial charge in [-0.2, -0.15) is 0 Å². The van der Waals surface area contributed by atoms with Crippen molar-refractivity contribution < 1.29 is 24.3 Å². The Bertz CT molecular complexity index is 329. The van der Waals surface area contributed by atoms with E-state index in [-0.39, 0.29) is 18.0 Å². The van der Waals surface area contributed by atoms with Crippen molar-refractivity contribution in [2.24, 2.45) is 17.6 Å². The maximum Gasteiger partial charge on any atom is 0.325 e. The van der Waals surface area contributed by atoms with Crippen molar-refractivity contribution in [2.45, 2.75) is 44.6 Å². The molecule has 0 aromatic heterocycles. The van der Waals surface area contributed by atoms with Crippen LogP contribution in [0.1, 0.15) is 38.5 Å². The van der Waals surface area contributed by atoms with E-state index in [1.54, 1.807) is 0 Å². The molecule has 0 saturated heterocycles. The highest BCUT2D eigenvalue weighted by atomic mass is 31.2. The Morgan fingerprint density at radius 1 is 1.28 bits per heavy atom. The van der Waals surface area contributed by atoms with Gasteiger partial charge < -0.3 is 20.6 Å². The molecule has 1 aliphatic rings. The molecule has 18 heavy (non-hydrogen) atoms. The molecule has 0 unspecified atom stereocenters. The summed E-state index contributed by atoms with van der Waals surface area (Å²) in [6.45, 7) is 0. The number of hydrogen-bond donors (Lipinski definition) is 4. The molecular formula is C11H22NO5P. The molecule has 1 fully saturated rings. The number of carbonyl (C=O) groups is 1. The van der Waals surface area contributed by atoms with Crippen molar-refractivity contribution in [3.8, 4) is 0 Å². The predicted molar refractivity (Wildman–Crippen MR) is 67.2 cm³/mol. The monoisotopic (exact) mass is 279 g/mol. The molecule has 3 atom stereocenters. The Hall–Kier alpha value is -0.420. The van der Waals surface area contributed by atoms with Crippen molar-refractivity contribution >= 4 is 13.6 Å². The second kappa shape index (κ2) is 6.66. The van der Waals surface area contributed by atoms with Gasteiger partial charge in [-0.25, -0.2) is 0 Å². The summed E-state index contributed by atoms with van der Waals surface area (Å²) in [5.41, 5.74) is 5.54. The van der Waals surface area contributed by atoms with E-state index >= 15 is 0 Å². The lowest BCUT2D eigenvalue weighted by Gasteiger charge is -2.32. The third kappa shape index (κ3) is 5.48. The lowest BCUT2D eigenvalue weighted by Crippen LogP contribution is -2.35. The van der Waals surface area contributed by atoms with E-state index in [4.69, 9.17) is 20.6 Å². The van der Waals surface area contributed by atoms with Crippen LogP contribution in [0, 0.1) is 11.8 Å². The highest BCUT2D eigenvalue weighted by Crippen LogP contribution is 2.41. The molecule has 106 valence electrons. The van der Waals surface area contributed by atoms with E-state index in [9.17, 15) is 9.36 Å². The van der Waals surface area contributed by atoms with Gasteiger partial charge in [0, 0.05) is 0 Å². The van der Waals surface area contributed by atoms with Gasteiger partial charge in [0.2, 0.25) is 0 Å². The third-order valence-corrected chi connectivity index (χ3v) is 4.57. The first kappa shape index (κ1) is 15.6. The topological polar surface area (TPSA) is 121 Å². The number of carboxylic acids is 1. The highest BCUT2D eigenvalue weighted by Gasteiger charge is 2.30. The van der Waals surface area contributed by atoms with Gasteiger partial charge in [-0.15, -0.1) is 0 Å². The zero-order valence-corrected chi connectivity index (χ0v) is 11.3. The Kier molecular flexibility index (Phi) is 5.79. The first-order valence-electron chi connectivity index (χ1n) is 6.32. The largest absolute Gasteiger partial charge is 0.480 e. The maximum atomic E-state index is 10.9. The summed E-state index contributed by atoms with van der Waals surface area (Å²) in [6, 6.07) is -0.870. The van der Waals surface area contributed by atoms with Crippen LogP contribution < -0.4 is 5.73 Å². The van der Waals surface area contributed by atoms with E-state index < -0.39 is 19.6 Å². The number of hydrogen-bond acceptors (Lipinski definition) is 3. The van der Waals surface area contributed by atoms with Gasteiger partial charge in [0.15, 0.2) is 0 Å². The lowest BCUT2D eigenvalue weighted by atomic mass is 9.75. The summed E-state index contributed by atoms with van der Waals surface area (Å²) in [5, 5.41) is 8.81. The van der Waals surface area contributed by atoms with Crippen LogP contribution in [-0.2, 0) is 9.36 Å². The van der Waals surface area contributed by atoms with Gasteiger partial charge in [0.1, 0.15) is 6.04 Å². The van der Waals surface area contributed by atoms with Crippen LogP contribution in [0.4, 0.5) is 0 Å². The standard InChI is InChI=1S/C11H22NO5P/c12-10(11(13)14)7-9-4-2-1-3-8(9)5-6-18(15,16)17/h8-10H,1-7,12H2,(H,13,14)(H2,15,16,17)/t8-,9+,10+/m0/s1. The average Bonchev–Trinajstić information content (AvgIpc) is 2.26. The zero-order chi connectivity index (χ0) is 13.8. The van der Waals surface area contributed by atoms with Gasteiger partial charge in [-0.1, -0.05) is 25.7 Å². The molecule has 5 N–H and O–H groups in total. The van der Waals surface area contributed by atoms with Crippen molar-refractivity contribution in [3.63, 3.8) is 0 Å². The van der Waals surface area contributed by atoms with Crippen LogP contribution >= 0.6 is 7.60 Å². The van der Waals surface area contributed by atoms with Crippen molar-refractivity contribution in [3.05, 3.63) is 0 Å². The van der Waals surface area contributed by atoms with Crippen LogP contribution in [-0.4, -0.2) is 33.1 Å². The summed E-state index contributed by atoms with van der Waals surface area (Å²) < 4.78 is 10.9. The minimum Gasteiger partial charge on any atom is -0.480 e. The Balaban J connectivity index is 2.51. The molecular weight excluding hydrogens is 257 g/mol. The minimum absolute atomic E-state index is 0.115. The lowest BCUT2D eigenvalue weighted by molar-refractivity contribution is -0.139. The molecule has 0 amide bonds. The molecule has 1 rings (SSSR count). The van der Waals surface area contributed by atoms with Crippen LogP contribution in [0.2, 0.25) is 0 Å². The molecule has 0 aromatic rings. The van der Waals surface area contributed by atoms with Gasteiger partial charge in [0.05, 0.1) is 6.16 Å². The van der Waals surface area contributed by atoms with Gasteiger partial charge in [-0.3, -0.25) is 9.36 Å². The summed E-state index contributed by atoms with van der Waals surface area (Å²) in [4.78, 5) is 28.5. The number of aliphatic carboxylic acids is 1. The quantitative estimate of drug-likeness (QED) is 0.541. The van der Waals surface area contributed by atoms with E-state index in [2.05, 4.69) is 0 Å². The van der Waals surface area contributed by atoms with Crippen molar-refractivity contribution in [2.75, 3.05) is 6.16 Å². The van der Waals surface area contributed by atoms with Gasteiger partial charge >= 0.3 is 13.6 Å². The molecule has 7 heteroatoms. The fourth-order valence-corrected chi connectivity index (χ4v) is 3.40. The fourth-order valence-electron chi connectivity index (χ4n) is 2.74. The van der Waals surface area contributed by atoms with Gasteiger partial charge in [0.25, 0.3) is 0 Å². The van der Waals surface area contributed by atoms with Crippen LogP contribution in [0.5, 0.6) is 0 Å².